The van der Waals surface area contributed by atoms with Crippen LogP contribution in [0.2, 0.25) is 0 Å². The van der Waals surface area contributed by atoms with E-state index >= 15 is 0 Å². The lowest BCUT2D eigenvalue weighted by molar-refractivity contribution is 0.508. The van der Waals surface area contributed by atoms with Gasteiger partial charge in [0.1, 0.15) is 0 Å². The van der Waals surface area contributed by atoms with Crippen molar-refractivity contribution in [3.8, 4) is 11.5 Å². The Kier molecular flexibility index (Phi) is 1.63. The summed E-state index contributed by atoms with van der Waals surface area (Å²) in [6.45, 7) is 0. The fourth-order valence-corrected chi connectivity index (χ4v) is 1.38. The van der Waals surface area contributed by atoms with Gasteiger partial charge in [0.05, 0.1) is 0 Å². The second kappa shape index (κ2) is 2.94. The SMILES string of the molecule is [c]1ccc(-c2nnc(C3CC3)o2)cc1. The van der Waals surface area contributed by atoms with E-state index < -0.39 is 0 Å². The lowest BCUT2D eigenvalue weighted by Gasteiger charge is -1.91. The molecule has 1 heterocycles. The Hall–Kier alpha value is -1.64. The van der Waals surface area contributed by atoms with Gasteiger partial charge < -0.3 is 4.42 Å². The van der Waals surface area contributed by atoms with E-state index in [0.29, 0.717) is 11.8 Å². The number of hydrogen-bond donors (Lipinski definition) is 0. The van der Waals surface area contributed by atoms with Crippen LogP contribution in [-0.2, 0) is 0 Å². The van der Waals surface area contributed by atoms with E-state index in [0.717, 1.165) is 11.5 Å². The highest BCUT2D eigenvalue weighted by atomic mass is 16.4. The Bertz CT molecular complexity index is 432. The van der Waals surface area contributed by atoms with Crippen LogP contribution in [0.15, 0.2) is 28.7 Å². The first kappa shape index (κ1) is 7.74. The summed E-state index contributed by atoms with van der Waals surface area (Å²) in [5.74, 6) is 1.92. The Balaban J connectivity index is 1.96. The molecule has 2 aromatic rings. The molecule has 3 heteroatoms. The van der Waals surface area contributed by atoms with E-state index in [1.807, 2.05) is 24.3 Å². The third-order valence-corrected chi connectivity index (χ3v) is 2.33. The zero-order valence-corrected chi connectivity index (χ0v) is 7.60. The van der Waals surface area contributed by atoms with Gasteiger partial charge in [0.25, 0.3) is 0 Å². The van der Waals surface area contributed by atoms with Crippen LogP contribution in [-0.4, -0.2) is 10.2 Å². The molecule has 1 saturated carbocycles. The average molecular weight is 185 g/mol. The van der Waals surface area contributed by atoms with Crippen LogP contribution in [0.3, 0.4) is 0 Å². The summed E-state index contributed by atoms with van der Waals surface area (Å²) >= 11 is 0. The van der Waals surface area contributed by atoms with Crippen molar-refractivity contribution >= 4 is 0 Å². The molecular formula is C11H9N2O. The molecule has 3 nitrogen and oxygen atoms in total. The van der Waals surface area contributed by atoms with Crippen LogP contribution in [0.5, 0.6) is 0 Å². The fourth-order valence-electron chi connectivity index (χ4n) is 1.38. The van der Waals surface area contributed by atoms with Crippen LogP contribution < -0.4 is 0 Å². The van der Waals surface area contributed by atoms with Crippen LogP contribution in [0.1, 0.15) is 24.7 Å². The maximum absolute atomic E-state index is 5.56. The molecule has 1 fully saturated rings. The summed E-state index contributed by atoms with van der Waals surface area (Å²) in [6, 6.07) is 10.5. The lowest BCUT2D eigenvalue weighted by Crippen LogP contribution is -1.76. The summed E-state index contributed by atoms with van der Waals surface area (Å²) < 4.78 is 5.56. The van der Waals surface area contributed by atoms with E-state index in [-0.39, 0.29) is 0 Å². The van der Waals surface area contributed by atoms with Crippen LogP contribution in [0, 0.1) is 6.07 Å². The predicted molar refractivity (Wildman–Crippen MR) is 50.5 cm³/mol. The first-order valence-electron chi connectivity index (χ1n) is 4.73. The number of aromatic nitrogens is 2. The Morgan fingerprint density at radius 1 is 1.21 bits per heavy atom. The first-order valence-corrected chi connectivity index (χ1v) is 4.73. The first-order chi connectivity index (χ1) is 6.93. The van der Waals surface area contributed by atoms with Crippen LogP contribution in [0.4, 0.5) is 0 Å². The molecule has 1 aliphatic carbocycles. The average Bonchev–Trinajstić information content (AvgIpc) is 2.98. The van der Waals surface area contributed by atoms with Gasteiger partial charge in [0.15, 0.2) is 0 Å². The number of rotatable bonds is 2. The molecule has 0 aliphatic heterocycles. The minimum atomic E-state index is 0.520. The molecule has 0 bridgehead atoms. The van der Waals surface area contributed by atoms with Crippen molar-refractivity contribution in [3.05, 3.63) is 36.2 Å². The standard InChI is InChI=1S/C11H9N2O/c1-2-4-8(5-3-1)10-12-13-11(14-10)9-6-7-9/h2-5,9H,6-7H2. The topological polar surface area (TPSA) is 38.9 Å². The van der Waals surface area contributed by atoms with Gasteiger partial charge in [0.2, 0.25) is 11.8 Å². The zero-order valence-electron chi connectivity index (χ0n) is 7.60. The molecule has 0 unspecified atom stereocenters. The summed E-state index contributed by atoms with van der Waals surface area (Å²) in [7, 11) is 0. The highest BCUT2D eigenvalue weighted by Gasteiger charge is 2.29. The molecule has 0 atom stereocenters. The number of benzene rings is 1. The van der Waals surface area contributed by atoms with Gasteiger partial charge in [-0.05, 0) is 31.0 Å². The zero-order chi connectivity index (χ0) is 9.38. The molecule has 0 amide bonds. The lowest BCUT2D eigenvalue weighted by atomic mass is 10.2. The molecule has 3 rings (SSSR count). The summed E-state index contributed by atoms with van der Waals surface area (Å²) in [6.07, 6.45) is 2.37. The molecule has 14 heavy (non-hydrogen) atoms. The monoisotopic (exact) mass is 185 g/mol. The van der Waals surface area contributed by atoms with Crippen LogP contribution >= 0.6 is 0 Å². The van der Waals surface area contributed by atoms with Crippen LogP contribution in [0.25, 0.3) is 11.5 Å². The largest absolute Gasteiger partial charge is 0.420 e. The fraction of sp³-hybridized carbons (Fsp3) is 0.273. The molecule has 1 aliphatic rings. The van der Waals surface area contributed by atoms with E-state index in [2.05, 4.69) is 16.3 Å². The summed E-state index contributed by atoms with van der Waals surface area (Å²) in [4.78, 5) is 0. The van der Waals surface area contributed by atoms with Crippen molar-refractivity contribution in [2.75, 3.05) is 0 Å². The number of hydrogen-bond acceptors (Lipinski definition) is 3. The maximum atomic E-state index is 5.56. The number of nitrogens with zero attached hydrogens (tertiary/aromatic N) is 2. The second-order valence-electron chi connectivity index (χ2n) is 3.51. The third kappa shape index (κ3) is 1.31. The Morgan fingerprint density at radius 3 is 2.71 bits per heavy atom. The molecule has 1 aromatic carbocycles. The summed E-state index contributed by atoms with van der Waals surface area (Å²) in [5, 5.41) is 8.04. The molecule has 0 spiro atoms. The van der Waals surface area contributed by atoms with Crippen molar-refractivity contribution in [2.24, 2.45) is 0 Å². The smallest absolute Gasteiger partial charge is 0.247 e. The second-order valence-corrected chi connectivity index (χ2v) is 3.51. The van der Waals surface area contributed by atoms with Crippen molar-refractivity contribution < 1.29 is 4.42 Å². The van der Waals surface area contributed by atoms with E-state index in [1.54, 1.807) is 0 Å². The van der Waals surface area contributed by atoms with E-state index in [4.69, 9.17) is 4.42 Å². The van der Waals surface area contributed by atoms with Gasteiger partial charge in [-0.25, -0.2) is 0 Å². The minimum Gasteiger partial charge on any atom is -0.420 e. The molecule has 0 N–H and O–H groups in total. The van der Waals surface area contributed by atoms with Crippen molar-refractivity contribution in [1.29, 1.82) is 0 Å². The normalized spacial score (nSPS) is 15.7. The molecule has 1 aromatic heterocycles. The summed E-state index contributed by atoms with van der Waals surface area (Å²) in [5.41, 5.74) is 0.961. The van der Waals surface area contributed by atoms with Crippen molar-refractivity contribution in [1.82, 2.24) is 10.2 Å². The Labute approximate surface area is 81.8 Å². The van der Waals surface area contributed by atoms with Crippen molar-refractivity contribution in [2.45, 2.75) is 18.8 Å². The highest BCUT2D eigenvalue weighted by Crippen LogP contribution is 2.39. The van der Waals surface area contributed by atoms with Gasteiger partial charge >= 0.3 is 0 Å². The quantitative estimate of drug-likeness (QED) is 0.721. The molecule has 69 valence electrons. The highest BCUT2D eigenvalue weighted by molar-refractivity contribution is 5.51. The Morgan fingerprint density at radius 2 is 2.00 bits per heavy atom. The molecule has 1 radical (unpaired) electrons. The van der Waals surface area contributed by atoms with Gasteiger partial charge in [-0.3, -0.25) is 0 Å². The predicted octanol–water partition coefficient (Wildman–Crippen LogP) is 2.41. The van der Waals surface area contributed by atoms with Gasteiger partial charge in [-0.1, -0.05) is 12.1 Å². The third-order valence-electron chi connectivity index (χ3n) is 2.33. The van der Waals surface area contributed by atoms with Gasteiger partial charge in [-0.15, -0.1) is 10.2 Å². The van der Waals surface area contributed by atoms with Crippen molar-refractivity contribution in [3.63, 3.8) is 0 Å². The minimum absolute atomic E-state index is 0.520. The van der Waals surface area contributed by atoms with Gasteiger partial charge in [-0.2, -0.15) is 0 Å². The maximum Gasteiger partial charge on any atom is 0.247 e. The van der Waals surface area contributed by atoms with E-state index in [9.17, 15) is 0 Å². The van der Waals surface area contributed by atoms with E-state index in [1.165, 1.54) is 12.8 Å². The van der Waals surface area contributed by atoms with Gasteiger partial charge in [0, 0.05) is 11.5 Å². The molecule has 0 saturated heterocycles. The molecular weight excluding hydrogens is 176 g/mol.